The molecule has 0 aliphatic heterocycles. The van der Waals surface area contributed by atoms with Gasteiger partial charge >= 0.3 is 12.1 Å². The maximum atomic E-state index is 13.7. The molecule has 2 rings (SSSR count). The number of Topliss-reactive ketones (excluding diaryl/α,β-unsaturated/α-hetero) is 1. The fraction of sp³-hybridized carbons (Fsp3) is 0.808. The van der Waals surface area contributed by atoms with Crippen molar-refractivity contribution in [1.29, 1.82) is 0 Å². The van der Waals surface area contributed by atoms with Crippen LogP contribution in [0.4, 0.5) is 4.79 Å². The van der Waals surface area contributed by atoms with Crippen molar-refractivity contribution in [3.05, 3.63) is 12.7 Å². The predicted molar refractivity (Wildman–Crippen MR) is 143 cm³/mol. The van der Waals surface area contributed by atoms with Gasteiger partial charge in [0, 0.05) is 25.3 Å². The number of amides is 1. The Morgan fingerprint density at radius 2 is 1.76 bits per heavy atom. The van der Waals surface area contributed by atoms with Crippen molar-refractivity contribution in [3.63, 3.8) is 0 Å². The molecular weight excluding hydrogens is 520 g/mol. The summed E-state index contributed by atoms with van der Waals surface area (Å²) in [6, 6.07) is 0. The third-order valence-corrected chi connectivity index (χ3v) is 8.48. The number of allylic oxidation sites excluding steroid dienone is 1. The van der Waals surface area contributed by atoms with Crippen LogP contribution in [0.1, 0.15) is 66.7 Å². The topological polar surface area (TPSA) is 177 Å². The molecule has 0 radical (unpaired) electrons. The van der Waals surface area contributed by atoms with Crippen LogP contribution in [0.25, 0.3) is 0 Å². The lowest BCUT2D eigenvalue weighted by molar-refractivity contribution is -0.362. The molecule has 0 unspecified atom stereocenters. The van der Waals surface area contributed by atoms with Gasteiger partial charge < -0.3 is 35.3 Å². The first-order chi connectivity index (χ1) is 16.5. The van der Waals surface area contributed by atoms with E-state index in [4.69, 9.17) is 9.57 Å². The van der Waals surface area contributed by atoms with Crippen LogP contribution < -0.4 is 5.48 Å². The van der Waals surface area contributed by atoms with Crippen LogP contribution in [-0.2, 0) is 19.2 Å². The molecule has 0 saturated heterocycles. The van der Waals surface area contributed by atoms with Crippen molar-refractivity contribution in [2.24, 2.45) is 28.6 Å². The number of fused-ring (bicyclic) bond motifs is 1. The molecule has 11 nitrogen and oxygen atoms in total. The molecule has 7 atom stereocenters. The van der Waals surface area contributed by atoms with Crippen molar-refractivity contribution >= 4 is 30.3 Å². The summed E-state index contributed by atoms with van der Waals surface area (Å²) in [5, 5.41) is 35.3. The van der Waals surface area contributed by atoms with Crippen LogP contribution in [0, 0.1) is 28.6 Å². The van der Waals surface area contributed by atoms with Gasteiger partial charge in [0.25, 0.3) is 0 Å². The van der Waals surface area contributed by atoms with E-state index in [-0.39, 0.29) is 49.5 Å². The number of halogens is 1. The summed E-state index contributed by atoms with van der Waals surface area (Å²) in [5.41, 5.74) is -2.60. The first-order valence-electron chi connectivity index (χ1n) is 12.6. The minimum Gasteiger partial charge on any atom is -0.414 e. The highest BCUT2D eigenvalue weighted by Crippen LogP contribution is 2.66. The molecule has 6 N–H and O–H groups in total. The summed E-state index contributed by atoms with van der Waals surface area (Å²) in [6.45, 7) is 12.9. The summed E-state index contributed by atoms with van der Waals surface area (Å²) in [6.07, 6.45) is -0.223. The number of hydrogen-bond donors (Lipinski definition) is 4. The molecule has 12 heteroatoms. The number of carbonyl (C=O) groups is 3. The Kier molecular flexibility index (Phi) is 12.5. The zero-order valence-electron chi connectivity index (χ0n) is 23.6. The van der Waals surface area contributed by atoms with Crippen molar-refractivity contribution < 1.29 is 44.8 Å². The normalized spacial score (nSPS) is 34.4. The monoisotopic (exact) mass is 566 g/mol. The summed E-state index contributed by atoms with van der Waals surface area (Å²) >= 11 is 0. The molecule has 0 heterocycles. The lowest BCUT2D eigenvalue weighted by atomic mass is 9.41. The predicted octanol–water partition coefficient (Wildman–Crippen LogP) is 1.76. The van der Waals surface area contributed by atoms with Crippen LogP contribution in [0.3, 0.4) is 0 Å². The summed E-state index contributed by atoms with van der Waals surface area (Å²) in [5.74, 6) is -5.33. The summed E-state index contributed by atoms with van der Waals surface area (Å²) in [7, 11) is 3.56. The van der Waals surface area contributed by atoms with E-state index in [0.717, 1.165) is 0 Å². The fourth-order valence-corrected chi connectivity index (χ4v) is 6.44. The molecule has 2 aliphatic carbocycles. The van der Waals surface area contributed by atoms with Crippen molar-refractivity contribution in [1.82, 2.24) is 10.4 Å². The molecule has 0 spiro atoms. The number of nitrogens with one attached hydrogen (secondary N) is 1. The molecule has 0 aromatic rings. The van der Waals surface area contributed by atoms with Gasteiger partial charge in [-0.1, -0.05) is 33.8 Å². The van der Waals surface area contributed by atoms with Crippen LogP contribution in [0.2, 0.25) is 0 Å². The number of carbonyl (C=O) groups excluding carboxylic acids is 3. The Hall–Kier alpha value is -1.76. The minimum absolute atomic E-state index is 0. The van der Waals surface area contributed by atoms with E-state index in [9.17, 15) is 29.7 Å². The average Bonchev–Trinajstić information content (AvgIpc) is 2.77. The first kappa shape index (κ1) is 36.2. The molecule has 2 saturated carbocycles. The molecule has 0 bridgehead atoms. The fourth-order valence-electron chi connectivity index (χ4n) is 6.44. The van der Waals surface area contributed by atoms with E-state index >= 15 is 0 Å². The van der Waals surface area contributed by atoms with Crippen molar-refractivity contribution in [2.75, 3.05) is 20.6 Å². The second kappa shape index (κ2) is 13.1. The number of ketones is 1. The maximum absolute atomic E-state index is 13.7. The maximum Gasteiger partial charge on any atom is 0.443 e. The van der Waals surface area contributed by atoms with Crippen LogP contribution in [-0.4, -0.2) is 81.7 Å². The second-order valence-electron chi connectivity index (χ2n) is 11.8. The number of aliphatic hydroxyl groups excluding tert-OH is 1. The molecule has 38 heavy (non-hydrogen) atoms. The summed E-state index contributed by atoms with van der Waals surface area (Å²) < 4.78 is 5.47. The van der Waals surface area contributed by atoms with Gasteiger partial charge in [-0.2, -0.15) is 0 Å². The average molecular weight is 567 g/mol. The van der Waals surface area contributed by atoms with E-state index in [0.29, 0.717) is 13.0 Å². The number of nitrogens with zero attached hydrogens (tertiary/aromatic N) is 1. The number of aliphatic hydroxyl groups is 3. The van der Waals surface area contributed by atoms with Gasteiger partial charge in [-0.05, 0) is 51.1 Å². The highest BCUT2D eigenvalue weighted by atomic mass is 35.5. The first-order valence-corrected chi connectivity index (χ1v) is 12.6. The molecule has 1 amide bonds. The molecule has 0 aromatic carbocycles. The Morgan fingerprint density at radius 3 is 2.29 bits per heavy atom. The lowest BCUT2D eigenvalue weighted by Crippen LogP contribution is -2.78. The molecule has 2 fully saturated rings. The molecule has 0 aromatic heterocycles. The lowest BCUT2D eigenvalue weighted by Gasteiger charge is -2.67. The molecule has 222 valence electrons. The third kappa shape index (κ3) is 6.51. The smallest absolute Gasteiger partial charge is 0.414 e. The number of hydroxylamine groups is 1. The van der Waals surface area contributed by atoms with Crippen molar-refractivity contribution in [3.8, 4) is 0 Å². The van der Waals surface area contributed by atoms with Gasteiger partial charge in [-0.3, -0.25) is 4.79 Å². The van der Waals surface area contributed by atoms with Gasteiger partial charge in [-0.15, -0.1) is 24.5 Å². The third-order valence-electron chi connectivity index (χ3n) is 8.48. The number of hydrogen-bond acceptors (Lipinski definition) is 9. The van der Waals surface area contributed by atoms with Crippen LogP contribution in [0.5, 0.6) is 0 Å². The minimum atomic E-state index is -2.34. The van der Waals surface area contributed by atoms with Gasteiger partial charge in [0.1, 0.15) is 5.60 Å². The highest BCUT2D eigenvalue weighted by Gasteiger charge is 2.76. The second-order valence-corrected chi connectivity index (χ2v) is 11.8. The highest BCUT2D eigenvalue weighted by molar-refractivity contribution is 5.89. The van der Waals surface area contributed by atoms with E-state index in [1.807, 2.05) is 19.3 Å². The van der Waals surface area contributed by atoms with E-state index in [2.05, 4.69) is 6.58 Å². The number of ether oxygens (including phenoxy) is 1. The van der Waals surface area contributed by atoms with Gasteiger partial charge in [0.2, 0.25) is 5.79 Å². The van der Waals surface area contributed by atoms with Crippen molar-refractivity contribution in [2.45, 2.75) is 84.2 Å². The largest absolute Gasteiger partial charge is 0.443 e. The Labute approximate surface area is 231 Å². The van der Waals surface area contributed by atoms with Gasteiger partial charge in [0.15, 0.2) is 5.78 Å². The van der Waals surface area contributed by atoms with Gasteiger partial charge in [0.05, 0.1) is 17.9 Å². The Morgan fingerprint density at radius 1 is 1.18 bits per heavy atom. The van der Waals surface area contributed by atoms with E-state index in [1.54, 1.807) is 38.9 Å². The molecular formula is C26H47ClN2O9. The quantitative estimate of drug-likeness (QED) is 0.193. The van der Waals surface area contributed by atoms with Gasteiger partial charge in [-0.25, -0.2) is 9.59 Å². The zero-order valence-corrected chi connectivity index (χ0v) is 24.4. The number of rotatable bonds is 8. The van der Waals surface area contributed by atoms with E-state index < -0.39 is 58.0 Å². The molecule has 2 aliphatic rings. The zero-order chi connectivity index (χ0) is 27.7. The standard InChI is InChI=1S/C26H44N2O8.ClH.H2O/c1-9-16(2)14-19(30)26(34)17(3)15-18(29)21-23(4,5)11-12-25(33,24(21,26)6)35-22(32)27-36-20(31)10-13-28(7)8;;/h9,16-18,21,29,33-34H,1,10-15H2,2-8H3,(H,27,32);1H;1H2/t16-,17+,18+,21+,24-,25+,26-;;/m1../s1. The Bertz CT molecular complexity index is 870. The van der Waals surface area contributed by atoms with Crippen LogP contribution >= 0.6 is 12.4 Å². The summed E-state index contributed by atoms with van der Waals surface area (Å²) in [4.78, 5) is 44.8. The SMILES string of the molecule is C=C[C@@H](C)CC(=O)[C@]1(O)[C@@H](C)C[C@H](O)[C@H]2C(C)(C)CC[C@](O)(OC(=O)NOC(=O)CCN(C)C)[C@@]21C.Cl.O. The van der Waals surface area contributed by atoms with Crippen LogP contribution in [0.15, 0.2) is 12.7 Å². The van der Waals surface area contributed by atoms with E-state index in [1.165, 1.54) is 6.92 Å². The Balaban J connectivity index is 0.00000684.